The number of carbonyl (C=O) groups excluding carboxylic acids is 2. The molecule has 1 aromatic heterocycles. The van der Waals surface area contributed by atoms with Crippen molar-refractivity contribution in [2.24, 2.45) is 0 Å². The first-order valence-corrected chi connectivity index (χ1v) is 6.94. The van der Waals surface area contributed by atoms with Crippen LogP contribution in [0.1, 0.15) is 10.4 Å². The average molecular weight is 339 g/mol. The molecule has 0 aliphatic carbocycles. The molecule has 2 rings (SSSR count). The van der Waals surface area contributed by atoms with Crippen molar-refractivity contribution in [1.29, 1.82) is 0 Å². The number of fused-ring (bicyclic) bond motifs is 1. The Kier molecular flexibility index (Phi) is 4.92. The summed E-state index contributed by atoms with van der Waals surface area (Å²) < 4.78 is 7.54. The van der Waals surface area contributed by atoms with Gasteiger partial charge in [-0.1, -0.05) is 15.9 Å². The first kappa shape index (κ1) is 14.7. The number of nitrogens with one attached hydrogen (secondary N) is 1. The zero-order valence-electron chi connectivity index (χ0n) is 11.1. The van der Waals surface area contributed by atoms with Crippen LogP contribution in [-0.4, -0.2) is 37.0 Å². The predicted molar refractivity (Wildman–Crippen MR) is 79.9 cm³/mol. The number of benzene rings is 1. The van der Waals surface area contributed by atoms with Crippen molar-refractivity contribution in [3.8, 4) is 0 Å². The fraction of sp³-hybridized carbons (Fsp3) is 0.286. The van der Waals surface area contributed by atoms with E-state index >= 15 is 0 Å². The van der Waals surface area contributed by atoms with Crippen LogP contribution in [0.15, 0.2) is 28.9 Å². The smallest absolute Gasteiger partial charge is 0.240 e. The second-order valence-electron chi connectivity index (χ2n) is 4.33. The Morgan fingerprint density at radius 2 is 2.30 bits per heavy atom. The number of aromatic nitrogens is 1. The van der Waals surface area contributed by atoms with E-state index in [1.807, 2.05) is 18.2 Å². The van der Waals surface area contributed by atoms with Gasteiger partial charge in [0.25, 0.3) is 0 Å². The molecule has 6 heteroatoms. The van der Waals surface area contributed by atoms with Crippen molar-refractivity contribution >= 4 is 39.0 Å². The molecule has 0 aliphatic rings. The molecular weight excluding hydrogens is 324 g/mol. The quantitative estimate of drug-likeness (QED) is 0.647. The second kappa shape index (κ2) is 6.67. The third-order valence-corrected chi connectivity index (χ3v) is 3.44. The fourth-order valence-corrected chi connectivity index (χ4v) is 2.39. The van der Waals surface area contributed by atoms with Gasteiger partial charge in [0.15, 0.2) is 6.29 Å². The van der Waals surface area contributed by atoms with Crippen molar-refractivity contribution in [2.75, 3.05) is 20.3 Å². The monoisotopic (exact) mass is 338 g/mol. The van der Waals surface area contributed by atoms with Gasteiger partial charge in [0, 0.05) is 40.8 Å². The Morgan fingerprint density at radius 3 is 3.00 bits per heavy atom. The standard InChI is InChI=1S/C14H15BrN2O3/c1-20-5-4-16-14(19)8-17-7-10(9-18)12-6-11(15)2-3-13(12)17/h2-3,6-7,9H,4-5,8H2,1H3,(H,16,19). The van der Waals surface area contributed by atoms with Crippen molar-refractivity contribution in [3.05, 3.63) is 34.4 Å². The topological polar surface area (TPSA) is 60.3 Å². The Hall–Kier alpha value is -1.66. The van der Waals surface area contributed by atoms with Gasteiger partial charge in [-0.25, -0.2) is 0 Å². The first-order chi connectivity index (χ1) is 9.65. The van der Waals surface area contributed by atoms with Crippen LogP contribution in [0.5, 0.6) is 0 Å². The first-order valence-electron chi connectivity index (χ1n) is 6.15. The van der Waals surface area contributed by atoms with Gasteiger partial charge in [-0.2, -0.15) is 0 Å². The van der Waals surface area contributed by atoms with Gasteiger partial charge in [0.1, 0.15) is 6.54 Å². The third kappa shape index (κ3) is 3.26. The number of halogens is 1. The van der Waals surface area contributed by atoms with E-state index in [0.29, 0.717) is 18.7 Å². The highest BCUT2D eigenvalue weighted by molar-refractivity contribution is 9.10. The minimum absolute atomic E-state index is 0.112. The maximum absolute atomic E-state index is 11.8. The third-order valence-electron chi connectivity index (χ3n) is 2.94. The van der Waals surface area contributed by atoms with E-state index in [4.69, 9.17) is 4.74 Å². The minimum Gasteiger partial charge on any atom is -0.383 e. The number of ether oxygens (including phenoxy) is 1. The van der Waals surface area contributed by atoms with Crippen molar-refractivity contribution in [1.82, 2.24) is 9.88 Å². The molecular formula is C14H15BrN2O3. The van der Waals surface area contributed by atoms with Gasteiger partial charge in [-0.3, -0.25) is 9.59 Å². The lowest BCUT2D eigenvalue weighted by Gasteiger charge is -2.07. The lowest BCUT2D eigenvalue weighted by molar-refractivity contribution is -0.121. The van der Waals surface area contributed by atoms with Crippen LogP contribution in [0.2, 0.25) is 0 Å². The summed E-state index contributed by atoms with van der Waals surface area (Å²) in [4.78, 5) is 22.9. The molecule has 0 saturated heterocycles. The molecule has 1 amide bonds. The summed E-state index contributed by atoms with van der Waals surface area (Å²) in [6.07, 6.45) is 2.49. The highest BCUT2D eigenvalue weighted by Gasteiger charge is 2.11. The molecule has 0 aliphatic heterocycles. The van der Waals surface area contributed by atoms with E-state index in [9.17, 15) is 9.59 Å². The van der Waals surface area contributed by atoms with E-state index in [0.717, 1.165) is 21.7 Å². The van der Waals surface area contributed by atoms with Crippen molar-refractivity contribution < 1.29 is 14.3 Å². The fourth-order valence-electron chi connectivity index (χ4n) is 2.02. The maximum Gasteiger partial charge on any atom is 0.240 e. The molecule has 0 radical (unpaired) electrons. The Morgan fingerprint density at radius 1 is 1.50 bits per heavy atom. The number of methoxy groups -OCH3 is 1. The molecule has 2 aromatic rings. The van der Waals surface area contributed by atoms with Gasteiger partial charge in [-0.05, 0) is 18.2 Å². The van der Waals surface area contributed by atoms with Crippen LogP contribution in [0, 0.1) is 0 Å². The molecule has 0 unspecified atom stereocenters. The average Bonchev–Trinajstić information content (AvgIpc) is 2.76. The molecule has 1 N–H and O–H groups in total. The Bertz CT molecular complexity index is 637. The largest absolute Gasteiger partial charge is 0.383 e. The molecule has 0 bridgehead atoms. The molecule has 5 nitrogen and oxygen atoms in total. The van der Waals surface area contributed by atoms with Gasteiger partial charge >= 0.3 is 0 Å². The summed E-state index contributed by atoms with van der Waals surface area (Å²) >= 11 is 3.38. The second-order valence-corrected chi connectivity index (χ2v) is 5.25. The molecule has 106 valence electrons. The van der Waals surface area contributed by atoms with Crippen molar-refractivity contribution in [2.45, 2.75) is 6.54 Å². The lowest BCUT2D eigenvalue weighted by Crippen LogP contribution is -2.30. The molecule has 0 fully saturated rings. The summed E-state index contributed by atoms with van der Waals surface area (Å²) in [5.41, 5.74) is 1.43. The zero-order chi connectivity index (χ0) is 14.5. The van der Waals surface area contributed by atoms with Crippen LogP contribution in [0.25, 0.3) is 10.9 Å². The Labute approximate surface area is 125 Å². The Balaban J connectivity index is 2.22. The van der Waals surface area contributed by atoms with Gasteiger partial charge in [-0.15, -0.1) is 0 Å². The number of hydrogen-bond donors (Lipinski definition) is 1. The van der Waals surface area contributed by atoms with Crippen LogP contribution in [0.3, 0.4) is 0 Å². The number of carbonyl (C=O) groups is 2. The summed E-state index contributed by atoms with van der Waals surface area (Å²) in [5.74, 6) is -0.112. The summed E-state index contributed by atoms with van der Waals surface area (Å²) in [5, 5.41) is 3.59. The molecule has 1 heterocycles. The maximum atomic E-state index is 11.8. The number of rotatable bonds is 6. The van der Waals surface area contributed by atoms with Crippen LogP contribution in [-0.2, 0) is 16.1 Å². The van der Waals surface area contributed by atoms with E-state index in [2.05, 4.69) is 21.2 Å². The van der Waals surface area contributed by atoms with Crippen LogP contribution < -0.4 is 5.32 Å². The van der Waals surface area contributed by atoms with Gasteiger partial charge in [0.05, 0.1) is 6.61 Å². The van der Waals surface area contributed by atoms with Crippen LogP contribution in [0.4, 0.5) is 0 Å². The SMILES string of the molecule is COCCNC(=O)Cn1cc(C=O)c2cc(Br)ccc21. The summed E-state index contributed by atoms with van der Waals surface area (Å²) in [6.45, 7) is 1.13. The molecule has 20 heavy (non-hydrogen) atoms. The van der Waals surface area contributed by atoms with E-state index in [-0.39, 0.29) is 12.5 Å². The van der Waals surface area contributed by atoms with Crippen molar-refractivity contribution in [3.63, 3.8) is 0 Å². The van der Waals surface area contributed by atoms with Crippen LogP contribution >= 0.6 is 15.9 Å². The highest BCUT2D eigenvalue weighted by Crippen LogP contribution is 2.24. The predicted octanol–water partition coefficient (Wildman–Crippen LogP) is 1.98. The van der Waals surface area contributed by atoms with E-state index < -0.39 is 0 Å². The zero-order valence-corrected chi connectivity index (χ0v) is 12.6. The summed E-state index contributed by atoms with van der Waals surface area (Å²) in [6, 6.07) is 5.64. The number of hydrogen-bond acceptors (Lipinski definition) is 3. The highest BCUT2D eigenvalue weighted by atomic mass is 79.9. The van der Waals surface area contributed by atoms with E-state index in [1.165, 1.54) is 0 Å². The number of nitrogens with zero attached hydrogens (tertiary/aromatic N) is 1. The molecule has 1 aromatic carbocycles. The number of amides is 1. The molecule has 0 atom stereocenters. The number of aldehydes is 1. The molecule has 0 spiro atoms. The van der Waals surface area contributed by atoms with E-state index in [1.54, 1.807) is 17.9 Å². The minimum atomic E-state index is -0.112. The molecule has 0 saturated carbocycles. The lowest BCUT2D eigenvalue weighted by atomic mass is 10.2. The normalized spacial score (nSPS) is 10.7. The van der Waals surface area contributed by atoms with Gasteiger partial charge in [0.2, 0.25) is 5.91 Å². The summed E-state index contributed by atoms with van der Waals surface area (Å²) in [7, 11) is 1.58. The van der Waals surface area contributed by atoms with Gasteiger partial charge < -0.3 is 14.6 Å².